The number of halogens is 2. The summed E-state index contributed by atoms with van der Waals surface area (Å²) >= 11 is 0. The Morgan fingerprint density at radius 2 is 1.52 bits per heavy atom. The Labute approximate surface area is 125 Å². The Kier molecular flexibility index (Phi) is 4.73. The molecule has 0 aliphatic carbocycles. The van der Waals surface area contributed by atoms with Gasteiger partial charge in [0.25, 0.3) is 0 Å². The SMILES string of the molecule is CC(C)(C)C(NCc1cc(F)cc(F)c1)c1ccccc1. The summed E-state index contributed by atoms with van der Waals surface area (Å²) in [6.07, 6.45) is 0. The molecule has 1 unspecified atom stereocenters. The molecular weight excluding hydrogens is 268 g/mol. The zero-order valence-electron chi connectivity index (χ0n) is 12.7. The zero-order valence-corrected chi connectivity index (χ0v) is 12.7. The van der Waals surface area contributed by atoms with Gasteiger partial charge < -0.3 is 5.32 Å². The molecule has 112 valence electrons. The summed E-state index contributed by atoms with van der Waals surface area (Å²) in [4.78, 5) is 0. The van der Waals surface area contributed by atoms with E-state index in [4.69, 9.17) is 0 Å². The van der Waals surface area contributed by atoms with E-state index >= 15 is 0 Å². The van der Waals surface area contributed by atoms with Gasteiger partial charge in [0.2, 0.25) is 0 Å². The predicted molar refractivity (Wildman–Crippen MR) is 81.8 cm³/mol. The molecule has 0 spiro atoms. The zero-order chi connectivity index (χ0) is 15.5. The fourth-order valence-electron chi connectivity index (χ4n) is 2.50. The van der Waals surface area contributed by atoms with E-state index in [1.807, 2.05) is 18.2 Å². The van der Waals surface area contributed by atoms with Crippen molar-refractivity contribution in [2.45, 2.75) is 33.4 Å². The fourth-order valence-corrected chi connectivity index (χ4v) is 2.50. The van der Waals surface area contributed by atoms with Crippen LogP contribution in [-0.4, -0.2) is 0 Å². The van der Waals surface area contributed by atoms with Gasteiger partial charge in [0.1, 0.15) is 11.6 Å². The van der Waals surface area contributed by atoms with Crippen LogP contribution < -0.4 is 5.32 Å². The molecule has 0 fully saturated rings. The first-order valence-corrected chi connectivity index (χ1v) is 7.09. The van der Waals surface area contributed by atoms with Crippen molar-refractivity contribution in [3.05, 3.63) is 71.3 Å². The Balaban J connectivity index is 2.17. The highest BCUT2D eigenvalue weighted by Crippen LogP contribution is 2.32. The Morgan fingerprint density at radius 3 is 2.05 bits per heavy atom. The van der Waals surface area contributed by atoms with E-state index in [1.165, 1.54) is 17.7 Å². The van der Waals surface area contributed by atoms with Crippen LogP contribution in [0.3, 0.4) is 0 Å². The largest absolute Gasteiger partial charge is 0.305 e. The molecule has 0 bridgehead atoms. The Hall–Kier alpha value is -1.74. The summed E-state index contributed by atoms with van der Waals surface area (Å²) in [5, 5.41) is 3.41. The highest BCUT2D eigenvalue weighted by atomic mass is 19.1. The van der Waals surface area contributed by atoms with Crippen LogP contribution in [-0.2, 0) is 6.54 Å². The average Bonchev–Trinajstić information content (AvgIpc) is 2.37. The van der Waals surface area contributed by atoms with Crippen LogP contribution in [0.4, 0.5) is 8.78 Å². The Morgan fingerprint density at radius 1 is 0.952 bits per heavy atom. The second kappa shape index (κ2) is 6.35. The van der Waals surface area contributed by atoms with Gasteiger partial charge in [-0.15, -0.1) is 0 Å². The lowest BCUT2D eigenvalue weighted by Crippen LogP contribution is -2.32. The van der Waals surface area contributed by atoms with Crippen LogP contribution in [0.15, 0.2) is 48.5 Å². The molecule has 0 saturated carbocycles. The second-order valence-electron chi connectivity index (χ2n) is 6.37. The van der Waals surface area contributed by atoms with Crippen molar-refractivity contribution in [2.24, 2.45) is 5.41 Å². The lowest BCUT2D eigenvalue weighted by molar-refractivity contribution is 0.271. The highest BCUT2D eigenvalue weighted by Gasteiger charge is 2.25. The molecular formula is C18H21F2N. The van der Waals surface area contributed by atoms with Gasteiger partial charge in [-0.3, -0.25) is 0 Å². The summed E-state index contributed by atoms with van der Waals surface area (Å²) in [6.45, 7) is 6.85. The molecule has 0 aromatic heterocycles. The minimum atomic E-state index is -0.543. The minimum absolute atomic E-state index is 0.00672. The lowest BCUT2D eigenvalue weighted by atomic mass is 9.82. The van der Waals surface area contributed by atoms with Crippen LogP contribution in [0.1, 0.15) is 37.9 Å². The smallest absolute Gasteiger partial charge is 0.126 e. The van der Waals surface area contributed by atoms with Crippen molar-refractivity contribution < 1.29 is 8.78 Å². The predicted octanol–water partition coefficient (Wildman–Crippen LogP) is 4.84. The number of nitrogens with one attached hydrogen (secondary N) is 1. The van der Waals surface area contributed by atoms with Crippen molar-refractivity contribution in [3.8, 4) is 0 Å². The van der Waals surface area contributed by atoms with Crippen LogP contribution in [0.5, 0.6) is 0 Å². The monoisotopic (exact) mass is 289 g/mol. The van der Waals surface area contributed by atoms with Gasteiger partial charge in [0.15, 0.2) is 0 Å². The van der Waals surface area contributed by atoms with Gasteiger partial charge in [-0.2, -0.15) is 0 Å². The molecule has 0 amide bonds. The maximum absolute atomic E-state index is 13.2. The van der Waals surface area contributed by atoms with E-state index in [-0.39, 0.29) is 11.5 Å². The maximum atomic E-state index is 13.2. The summed E-state index contributed by atoms with van der Waals surface area (Å²) in [5.74, 6) is -1.09. The van der Waals surface area contributed by atoms with Crippen molar-refractivity contribution in [1.82, 2.24) is 5.32 Å². The van der Waals surface area contributed by atoms with Gasteiger partial charge in [0, 0.05) is 18.7 Å². The summed E-state index contributed by atoms with van der Waals surface area (Å²) in [7, 11) is 0. The molecule has 21 heavy (non-hydrogen) atoms. The van der Waals surface area contributed by atoms with E-state index < -0.39 is 11.6 Å². The third-order valence-corrected chi connectivity index (χ3v) is 3.43. The van der Waals surface area contributed by atoms with Crippen LogP contribution in [0.2, 0.25) is 0 Å². The average molecular weight is 289 g/mol. The van der Waals surface area contributed by atoms with E-state index in [0.29, 0.717) is 12.1 Å². The molecule has 1 nitrogen and oxygen atoms in total. The quantitative estimate of drug-likeness (QED) is 0.849. The normalized spacial score (nSPS) is 13.2. The number of benzene rings is 2. The van der Waals surface area contributed by atoms with E-state index in [9.17, 15) is 8.78 Å². The van der Waals surface area contributed by atoms with Gasteiger partial charge in [-0.1, -0.05) is 51.1 Å². The van der Waals surface area contributed by atoms with Crippen molar-refractivity contribution in [2.75, 3.05) is 0 Å². The number of hydrogen-bond acceptors (Lipinski definition) is 1. The van der Waals surface area contributed by atoms with E-state index in [2.05, 4.69) is 38.2 Å². The second-order valence-corrected chi connectivity index (χ2v) is 6.37. The number of rotatable bonds is 4. The molecule has 1 atom stereocenters. The molecule has 0 aliphatic heterocycles. The molecule has 2 aromatic rings. The number of hydrogen-bond donors (Lipinski definition) is 1. The third kappa shape index (κ3) is 4.36. The van der Waals surface area contributed by atoms with Crippen molar-refractivity contribution >= 4 is 0 Å². The van der Waals surface area contributed by atoms with Crippen molar-refractivity contribution in [1.29, 1.82) is 0 Å². The topological polar surface area (TPSA) is 12.0 Å². The van der Waals surface area contributed by atoms with Crippen LogP contribution in [0, 0.1) is 17.0 Å². The maximum Gasteiger partial charge on any atom is 0.126 e. The molecule has 0 heterocycles. The van der Waals surface area contributed by atoms with E-state index in [0.717, 1.165) is 6.07 Å². The minimum Gasteiger partial charge on any atom is -0.305 e. The van der Waals surface area contributed by atoms with Gasteiger partial charge in [-0.25, -0.2) is 8.78 Å². The van der Waals surface area contributed by atoms with Gasteiger partial charge in [-0.05, 0) is 28.7 Å². The first-order chi connectivity index (χ1) is 9.86. The summed E-state index contributed by atoms with van der Waals surface area (Å²) in [6, 6.07) is 13.8. The molecule has 0 radical (unpaired) electrons. The first kappa shape index (κ1) is 15.6. The highest BCUT2D eigenvalue weighted by molar-refractivity contribution is 5.22. The first-order valence-electron chi connectivity index (χ1n) is 7.09. The molecule has 0 aliphatic rings. The Bertz CT molecular complexity index is 568. The molecule has 3 heteroatoms. The van der Waals surface area contributed by atoms with Crippen LogP contribution in [0.25, 0.3) is 0 Å². The van der Waals surface area contributed by atoms with E-state index in [1.54, 1.807) is 0 Å². The molecule has 2 aromatic carbocycles. The summed E-state index contributed by atoms with van der Waals surface area (Å²) < 4.78 is 26.5. The third-order valence-electron chi connectivity index (χ3n) is 3.43. The fraction of sp³-hybridized carbons (Fsp3) is 0.333. The molecule has 2 rings (SSSR count). The molecule has 0 saturated heterocycles. The molecule has 1 N–H and O–H groups in total. The van der Waals surface area contributed by atoms with Gasteiger partial charge >= 0.3 is 0 Å². The lowest BCUT2D eigenvalue weighted by Gasteiger charge is -2.32. The standard InChI is InChI=1S/C18H21F2N/c1-18(2,3)17(14-7-5-4-6-8-14)21-12-13-9-15(19)11-16(20)10-13/h4-11,17,21H,12H2,1-3H3. The van der Waals surface area contributed by atoms with Gasteiger partial charge in [0.05, 0.1) is 0 Å². The summed E-state index contributed by atoms with van der Waals surface area (Å²) in [5.41, 5.74) is 1.77. The van der Waals surface area contributed by atoms with Crippen LogP contribution >= 0.6 is 0 Å². The van der Waals surface area contributed by atoms with Crippen molar-refractivity contribution in [3.63, 3.8) is 0 Å².